The van der Waals surface area contributed by atoms with Gasteiger partial charge in [-0.1, -0.05) is 12.1 Å². The largest absolute Gasteiger partial charge is 0.456 e. The van der Waals surface area contributed by atoms with Crippen molar-refractivity contribution < 1.29 is 23.9 Å². The van der Waals surface area contributed by atoms with Crippen LogP contribution in [0, 0.1) is 0 Å². The number of ether oxygens (including phenoxy) is 1. The van der Waals surface area contributed by atoms with Crippen LogP contribution in [0.2, 0.25) is 0 Å². The number of amides is 3. The molecule has 27 heavy (non-hydrogen) atoms. The summed E-state index contributed by atoms with van der Waals surface area (Å²) in [5.74, 6) is -1.51. The van der Waals surface area contributed by atoms with E-state index in [-0.39, 0.29) is 18.6 Å². The number of ketones is 1. The fourth-order valence-corrected chi connectivity index (χ4v) is 2.86. The summed E-state index contributed by atoms with van der Waals surface area (Å²) in [4.78, 5) is 47.1. The van der Waals surface area contributed by atoms with Crippen molar-refractivity contribution in [2.45, 2.75) is 58.4 Å². The van der Waals surface area contributed by atoms with Crippen molar-refractivity contribution in [2.24, 2.45) is 0 Å². The van der Waals surface area contributed by atoms with Gasteiger partial charge in [-0.2, -0.15) is 0 Å². The fraction of sp³-hybridized carbons (Fsp3) is 0.500. The second kappa shape index (κ2) is 8.79. The van der Waals surface area contributed by atoms with Crippen molar-refractivity contribution in [1.29, 1.82) is 0 Å². The highest BCUT2D eigenvalue weighted by Gasteiger charge is 2.18. The Kier molecular flexibility index (Phi) is 6.71. The van der Waals surface area contributed by atoms with Gasteiger partial charge in [-0.25, -0.2) is 4.79 Å². The van der Waals surface area contributed by atoms with E-state index in [9.17, 15) is 19.2 Å². The predicted octanol–water partition coefficient (Wildman–Crippen LogP) is 2.31. The highest BCUT2D eigenvalue weighted by molar-refractivity contribution is 5.98. The van der Waals surface area contributed by atoms with Crippen LogP contribution >= 0.6 is 0 Å². The highest BCUT2D eigenvalue weighted by atomic mass is 16.5. The van der Waals surface area contributed by atoms with E-state index in [4.69, 9.17) is 4.74 Å². The summed E-state index contributed by atoms with van der Waals surface area (Å²) < 4.78 is 4.81. The van der Waals surface area contributed by atoms with Gasteiger partial charge in [-0.15, -0.1) is 0 Å². The molecule has 1 aromatic carbocycles. The van der Waals surface area contributed by atoms with Gasteiger partial charge in [0.25, 0.3) is 5.91 Å². The van der Waals surface area contributed by atoms with Gasteiger partial charge in [0.2, 0.25) is 0 Å². The summed E-state index contributed by atoms with van der Waals surface area (Å²) in [7, 11) is 0. The molecular weight excluding hydrogens is 348 g/mol. The zero-order valence-corrected chi connectivity index (χ0v) is 16.0. The molecule has 0 atom stereocenters. The van der Waals surface area contributed by atoms with Crippen LogP contribution in [-0.2, 0) is 27.2 Å². The van der Waals surface area contributed by atoms with Crippen molar-refractivity contribution >= 4 is 23.7 Å². The molecule has 0 aliphatic heterocycles. The molecule has 0 heterocycles. The van der Waals surface area contributed by atoms with Gasteiger partial charge in [-0.3, -0.25) is 19.7 Å². The quantitative estimate of drug-likeness (QED) is 0.588. The minimum atomic E-state index is -0.727. The number of esters is 1. The minimum absolute atomic E-state index is 0.0176. The zero-order valence-electron chi connectivity index (χ0n) is 16.0. The molecule has 7 heteroatoms. The Balaban J connectivity index is 1.70. The lowest BCUT2D eigenvalue weighted by Gasteiger charge is -2.20. The van der Waals surface area contributed by atoms with E-state index in [1.807, 2.05) is 12.1 Å². The van der Waals surface area contributed by atoms with E-state index in [1.54, 1.807) is 26.8 Å². The van der Waals surface area contributed by atoms with E-state index in [2.05, 4.69) is 10.6 Å². The maximum atomic E-state index is 12.2. The molecule has 1 aliphatic rings. The number of carbonyl (C=O) groups excluding carboxylic acids is 4. The van der Waals surface area contributed by atoms with E-state index in [0.29, 0.717) is 5.56 Å². The Labute approximate surface area is 158 Å². The van der Waals surface area contributed by atoms with Crippen molar-refractivity contribution in [3.63, 3.8) is 0 Å². The zero-order chi connectivity index (χ0) is 20.0. The van der Waals surface area contributed by atoms with Crippen LogP contribution in [0.3, 0.4) is 0 Å². The monoisotopic (exact) mass is 374 g/mol. The van der Waals surface area contributed by atoms with Crippen molar-refractivity contribution in [3.05, 3.63) is 34.9 Å². The minimum Gasteiger partial charge on any atom is -0.456 e. The second-order valence-electron chi connectivity index (χ2n) is 7.67. The molecule has 0 saturated heterocycles. The highest BCUT2D eigenvalue weighted by Crippen LogP contribution is 2.23. The number of hydrogen-bond acceptors (Lipinski definition) is 5. The molecule has 0 bridgehead atoms. The first-order valence-corrected chi connectivity index (χ1v) is 9.07. The molecule has 0 radical (unpaired) electrons. The molecule has 1 aliphatic carbocycles. The average Bonchev–Trinajstić information content (AvgIpc) is 3.03. The first-order valence-electron chi connectivity index (χ1n) is 9.07. The van der Waals surface area contributed by atoms with Crippen LogP contribution in [0.1, 0.15) is 61.5 Å². The predicted molar refractivity (Wildman–Crippen MR) is 99.4 cm³/mol. The third-order valence-corrected chi connectivity index (χ3v) is 4.08. The van der Waals surface area contributed by atoms with Gasteiger partial charge in [-0.05, 0) is 57.2 Å². The number of benzene rings is 1. The smallest absolute Gasteiger partial charge is 0.321 e. The van der Waals surface area contributed by atoms with Crippen LogP contribution < -0.4 is 10.6 Å². The van der Waals surface area contributed by atoms with Gasteiger partial charge in [0.05, 0.1) is 6.42 Å². The Morgan fingerprint density at radius 3 is 2.44 bits per heavy atom. The molecule has 2 N–H and O–H groups in total. The summed E-state index contributed by atoms with van der Waals surface area (Å²) in [6.07, 6.45) is 3.04. The standard InChI is InChI=1S/C20H26N2O5/c1-20(2,3)22-19(26)21-17(24)12-27-18(25)10-9-16(23)15-8-7-13-5-4-6-14(13)11-15/h7-8,11H,4-6,9-10,12H2,1-3H3,(H2,21,22,24,26). The summed E-state index contributed by atoms with van der Waals surface area (Å²) in [6, 6.07) is 5.01. The number of aryl methyl sites for hydroxylation is 2. The number of hydrogen-bond donors (Lipinski definition) is 2. The maximum Gasteiger partial charge on any atom is 0.321 e. The second-order valence-corrected chi connectivity index (χ2v) is 7.67. The molecule has 0 fully saturated rings. The molecule has 0 aromatic heterocycles. The van der Waals surface area contributed by atoms with Crippen molar-refractivity contribution in [2.75, 3.05) is 6.61 Å². The Morgan fingerprint density at radius 2 is 1.74 bits per heavy atom. The first kappa shape index (κ1) is 20.6. The molecule has 2 rings (SSSR count). The lowest BCUT2D eigenvalue weighted by Crippen LogP contribution is -2.49. The number of rotatable bonds is 6. The summed E-state index contributed by atoms with van der Waals surface area (Å²) >= 11 is 0. The van der Waals surface area contributed by atoms with Gasteiger partial charge in [0.15, 0.2) is 12.4 Å². The third-order valence-electron chi connectivity index (χ3n) is 4.08. The van der Waals surface area contributed by atoms with Crippen molar-refractivity contribution in [3.8, 4) is 0 Å². The van der Waals surface area contributed by atoms with E-state index in [1.165, 1.54) is 11.1 Å². The topological polar surface area (TPSA) is 102 Å². The number of nitrogens with one attached hydrogen (secondary N) is 2. The molecule has 0 unspecified atom stereocenters. The molecule has 7 nitrogen and oxygen atoms in total. The molecule has 0 saturated carbocycles. The van der Waals surface area contributed by atoms with Gasteiger partial charge in [0, 0.05) is 17.5 Å². The number of Topliss-reactive ketones (excluding diaryl/α,β-unsaturated/α-hetero) is 1. The van der Waals surface area contributed by atoms with Gasteiger partial charge >= 0.3 is 12.0 Å². The number of urea groups is 1. The Bertz CT molecular complexity index is 749. The van der Waals surface area contributed by atoms with Crippen LogP contribution in [-0.4, -0.2) is 35.8 Å². The van der Waals surface area contributed by atoms with E-state index < -0.39 is 30.1 Å². The maximum absolute atomic E-state index is 12.2. The SMILES string of the molecule is CC(C)(C)NC(=O)NC(=O)COC(=O)CCC(=O)c1ccc2c(c1)CCC2. The normalized spacial score (nSPS) is 12.9. The summed E-state index contributed by atoms with van der Waals surface area (Å²) in [6.45, 7) is 4.75. The number of carbonyl (C=O) groups is 4. The van der Waals surface area contributed by atoms with Crippen LogP contribution in [0.25, 0.3) is 0 Å². The molecule has 3 amide bonds. The van der Waals surface area contributed by atoms with E-state index in [0.717, 1.165) is 19.3 Å². The lowest BCUT2D eigenvalue weighted by atomic mass is 10.0. The third kappa shape index (κ3) is 6.84. The Hall–Kier alpha value is -2.70. The molecular formula is C20H26N2O5. The average molecular weight is 374 g/mol. The summed E-state index contributed by atoms with van der Waals surface area (Å²) in [5.41, 5.74) is 2.60. The van der Waals surface area contributed by atoms with E-state index >= 15 is 0 Å². The number of fused-ring (bicyclic) bond motifs is 1. The number of imide groups is 1. The Morgan fingerprint density at radius 1 is 1.04 bits per heavy atom. The van der Waals surface area contributed by atoms with Crippen LogP contribution in [0.15, 0.2) is 18.2 Å². The van der Waals surface area contributed by atoms with Crippen LogP contribution in [0.4, 0.5) is 4.79 Å². The van der Waals surface area contributed by atoms with Crippen molar-refractivity contribution in [1.82, 2.24) is 10.6 Å². The lowest BCUT2D eigenvalue weighted by molar-refractivity contribution is -0.148. The fourth-order valence-electron chi connectivity index (χ4n) is 2.86. The van der Waals surface area contributed by atoms with Gasteiger partial charge < -0.3 is 10.1 Å². The summed E-state index contributed by atoms with van der Waals surface area (Å²) in [5, 5.41) is 4.63. The molecule has 1 aromatic rings. The van der Waals surface area contributed by atoms with Crippen LogP contribution in [0.5, 0.6) is 0 Å². The molecule has 146 valence electrons. The molecule has 0 spiro atoms. The van der Waals surface area contributed by atoms with Gasteiger partial charge in [0.1, 0.15) is 0 Å². The first-order chi connectivity index (χ1) is 12.6.